The zero-order chi connectivity index (χ0) is 18.9. The van der Waals surface area contributed by atoms with Crippen molar-refractivity contribution < 1.29 is 31.1 Å². The van der Waals surface area contributed by atoms with E-state index in [1.807, 2.05) is 0 Å². The molecule has 138 valence electrons. The average molecular weight is 406 g/mol. The highest BCUT2D eigenvalue weighted by Crippen LogP contribution is 2.42. The van der Waals surface area contributed by atoms with Gasteiger partial charge in [0.15, 0.2) is 5.17 Å². The van der Waals surface area contributed by atoms with Crippen LogP contribution in [0.25, 0.3) is 0 Å². The molecule has 0 fully saturated rings. The van der Waals surface area contributed by atoms with Gasteiger partial charge in [0.25, 0.3) is 5.91 Å². The maximum atomic E-state index is 13.4. The molecule has 1 aliphatic heterocycles. The van der Waals surface area contributed by atoms with E-state index in [1.54, 1.807) is 0 Å². The molecule has 0 atom stereocenters. The molecule has 2 N–H and O–H groups in total. The van der Waals surface area contributed by atoms with Gasteiger partial charge >= 0.3 is 18.0 Å². The summed E-state index contributed by atoms with van der Waals surface area (Å²) in [6, 6.07) is 4.36. The Kier molecular flexibility index (Phi) is 5.47. The van der Waals surface area contributed by atoms with E-state index in [-0.39, 0.29) is 17.3 Å². The summed E-state index contributed by atoms with van der Waals surface area (Å²) in [5.74, 6) is -1.33. The minimum atomic E-state index is -5.88. The van der Waals surface area contributed by atoms with E-state index in [4.69, 9.17) is 11.6 Å². The van der Waals surface area contributed by atoms with Crippen LogP contribution in [0.4, 0.5) is 26.3 Å². The van der Waals surface area contributed by atoms with Crippen LogP contribution in [-0.2, 0) is 0 Å². The van der Waals surface area contributed by atoms with Crippen LogP contribution in [0.1, 0.15) is 10.4 Å². The highest BCUT2D eigenvalue weighted by Gasteiger charge is 2.73. The normalized spacial score (nSPS) is 15.7. The van der Waals surface area contributed by atoms with E-state index in [0.29, 0.717) is 11.8 Å². The number of hydrogen-bond acceptors (Lipinski definition) is 4. The van der Waals surface area contributed by atoms with Crippen molar-refractivity contribution >= 4 is 34.4 Å². The molecule has 1 aromatic rings. The van der Waals surface area contributed by atoms with E-state index < -0.39 is 34.7 Å². The third-order valence-corrected chi connectivity index (χ3v) is 4.28. The third-order valence-electron chi connectivity index (χ3n) is 3.14. The Morgan fingerprint density at radius 1 is 1.08 bits per heavy atom. The third kappa shape index (κ3) is 4.14. The van der Waals surface area contributed by atoms with Crippen molar-refractivity contribution in [3.63, 3.8) is 0 Å². The quantitative estimate of drug-likeness (QED) is 0.597. The number of amidine groups is 1. The molecule has 0 saturated carbocycles. The molecular formula is C13H10ClF6N3OS. The van der Waals surface area contributed by atoms with E-state index in [0.717, 1.165) is 17.4 Å². The second-order valence-electron chi connectivity index (χ2n) is 4.87. The highest BCUT2D eigenvalue weighted by atomic mass is 35.5. The Hall–Kier alpha value is -1.62. The number of hydrogen-bond donors (Lipinski definition) is 2. The summed E-state index contributed by atoms with van der Waals surface area (Å²) < 4.78 is 80.3. The molecule has 0 unspecified atom stereocenters. The first kappa shape index (κ1) is 19.7. The molecule has 0 aliphatic carbocycles. The lowest BCUT2D eigenvalue weighted by Gasteiger charge is -2.38. The van der Waals surface area contributed by atoms with Crippen LogP contribution in [0.2, 0.25) is 5.02 Å². The van der Waals surface area contributed by atoms with E-state index in [2.05, 4.69) is 4.99 Å². The van der Waals surface area contributed by atoms with Crippen LogP contribution in [-0.4, -0.2) is 41.4 Å². The molecule has 0 bridgehead atoms. The molecule has 4 nitrogen and oxygen atoms in total. The van der Waals surface area contributed by atoms with Crippen molar-refractivity contribution in [2.45, 2.75) is 18.0 Å². The largest absolute Gasteiger partial charge is 0.439 e. The number of thioether (sulfide) groups is 1. The molecule has 1 aromatic carbocycles. The number of halogens is 7. The molecule has 0 radical (unpaired) electrons. The maximum Gasteiger partial charge on any atom is 0.439 e. The predicted octanol–water partition coefficient (Wildman–Crippen LogP) is 3.58. The van der Waals surface area contributed by atoms with Gasteiger partial charge in [-0.05, 0) is 24.3 Å². The smallest absolute Gasteiger partial charge is 0.327 e. The molecule has 12 heteroatoms. The monoisotopic (exact) mass is 405 g/mol. The first-order chi connectivity index (χ1) is 11.5. The molecule has 0 spiro atoms. The number of nitrogens with one attached hydrogen (secondary N) is 2. The standard InChI is InChI=1S/C13H10ClF6N3OS/c14-8-3-1-7(2-4-8)9(24)22-11(12(15,16)17,13(18,19)20)23-10-21-5-6-25-10/h1-4H,5-6H2,(H,21,23)(H,22,24). The van der Waals surface area contributed by atoms with Gasteiger partial charge in [0, 0.05) is 16.3 Å². The lowest BCUT2D eigenvalue weighted by Crippen LogP contribution is -2.76. The number of carbonyl (C=O) groups is 1. The lowest BCUT2D eigenvalue weighted by molar-refractivity contribution is -0.309. The molecule has 1 heterocycles. The number of amides is 1. The SMILES string of the molecule is O=C(NC(NC1=NCCS1)(C(F)(F)F)C(F)(F)F)c1ccc(Cl)cc1. The Bertz CT molecular complexity index is 660. The zero-order valence-electron chi connectivity index (χ0n) is 12.1. The molecular weight excluding hydrogens is 396 g/mol. The molecule has 0 saturated heterocycles. The average Bonchev–Trinajstić information content (AvgIpc) is 2.97. The van der Waals surface area contributed by atoms with Crippen LogP contribution in [0.15, 0.2) is 29.3 Å². The van der Waals surface area contributed by atoms with Gasteiger partial charge in [-0.1, -0.05) is 23.4 Å². The molecule has 2 rings (SSSR count). The van der Waals surface area contributed by atoms with Crippen molar-refractivity contribution in [3.8, 4) is 0 Å². The first-order valence-corrected chi connectivity index (χ1v) is 7.99. The number of benzene rings is 1. The fourth-order valence-corrected chi connectivity index (χ4v) is 2.80. The fourth-order valence-electron chi connectivity index (χ4n) is 1.89. The van der Waals surface area contributed by atoms with E-state index >= 15 is 0 Å². The summed E-state index contributed by atoms with van der Waals surface area (Å²) in [4.78, 5) is 15.5. The number of aliphatic imine (C=N–C) groups is 1. The second kappa shape index (κ2) is 6.94. The van der Waals surface area contributed by atoms with E-state index in [1.165, 1.54) is 17.4 Å². The number of nitrogens with zero attached hydrogens (tertiary/aromatic N) is 1. The second-order valence-corrected chi connectivity index (χ2v) is 6.39. The molecule has 1 amide bonds. The minimum Gasteiger partial charge on any atom is -0.327 e. The van der Waals surface area contributed by atoms with Gasteiger partial charge in [0.2, 0.25) is 0 Å². The number of alkyl halides is 6. The van der Waals surface area contributed by atoms with E-state index in [9.17, 15) is 31.1 Å². The van der Waals surface area contributed by atoms with Gasteiger partial charge in [-0.3, -0.25) is 9.79 Å². The van der Waals surface area contributed by atoms with Gasteiger partial charge in [-0.15, -0.1) is 0 Å². The number of rotatable bonds is 3. The van der Waals surface area contributed by atoms with Gasteiger partial charge in [0.1, 0.15) is 0 Å². The first-order valence-electron chi connectivity index (χ1n) is 6.63. The van der Waals surface area contributed by atoms with Crippen LogP contribution < -0.4 is 10.6 Å². The minimum absolute atomic E-state index is 0.0733. The fraction of sp³-hybridized carbons (Fsp3) is 0.385. The van der Waals surface area contributed by atoms with Gasteiger partial charge in [-0.2, -0.15) is 26.3 Å². The highest BCUT2D eigenvalue weighted by molar-refractivity contribution is 8.14. The zero-order valence-corrected chi connectivity index (χ0v) is 13.7. The Labute approximate surface area is 147 Å². The van der Waals surface area contributed by atoms with Gasteiger partial charge in [0.05, 0.1) is 6.54 Å². The lowest BCUT2D eigenvalue weighted by atomic mass is 10.1. The topological polar surface area (TPSA) is 53.5 Å². The summed E-state index contributed by atoms with van der Waals surface area (Å²) in [5, 5.41) is 1.98. The van der Waals surface area contributed by atoms with Crippen molar-refractivity contribution in [1.82, 2.24) is 10.6 Å². The molecule has 0 aromatic heterocycles. The summed E-state index contributed by atoms with van der Waals surface area (Å²) in [5.41, 5.74) is -5.09. The number of carbonyl (C=O) groups excluding carboxylic acids is 1. The summed E-state index contributed by atoms with van der Waals surface area (Å²) >= 11 is 6.28. The Morgan fingerprint density at radius 2 is 1.64 bits per heavy atom. The summed E-state index contributed by atoms with van der Waals surface area (Å²) in [6.45, 7) is 0.0733. The summed E-state index contributed by atoms with van der Waals surface area (Å²) in [6.07, 6.45) is -11.8. The van der Waals surface area contributed by atoms with Crippen molar-refractivity contribution in [2.24, 2.45) is 4.99 Å². The van der Waals surface area contributed by atoms with Crippen LogP contribution in [0.5, 0.6) is 0 Å². The van der Waals surface area contributed by atoms with Gasteiger partial charge in [-0.25, -0.2) is 0 Å². The van der Waals surface area contributed by atoms with Gasteiger partial charge < -0.3 is 10.6 Å². The van der Waals surface area contributed by atoms with Crippen LogP contribution in [0, 0.1) is 0 Å². The predicted molar refractivity (Wildman–Crippen MR) is 81.7 cm³/mol. The summed E-state index contributed by atoms with van der Waals surface area (Å²) in [7, 11) is 0. The van der Waals surface area contributed by atoms with Crippen molar-refractivity contribution in [3.05, 3.63) is 34.9 Å². The van der Waals surface area contributed by atoms with Crippen LogP contribution in [0.3, 0.4) is 0 Å². The Balaban J connectivity index is 2.42. The van der Waals surface area contributed by atoms with Crippen LogP contribution >= 0.6 is 23.4 Å². The van der Waals surface area contributed by atoms with Crippen molar-refractivity contribution in [1.29, 1.82) is 0 Å². The maximum absolute atomic E-state index is 13.4. The Morgan fingerprint density at radius 3 is 2.08 bits per heavy atom. The molecule has 1 aliphatic rings. The van der Waals surface area contributed by atoms with Crippen molar-refractivity contribution in [2.75, 3.05) is 12.3 Å². The molecule has 25 heavy (non-hydrogen) atoms.